The van der Waals surface area contributed by atoms with Gasteiger partial charge in [-0.3, -0.25) is 9.59 Å². The van der Waals surface area contributed by atoms with Gasteiger partial charge in [-0.15, -0.1) is 11.3 Å². The van der Waals surface area contributed by atoms with Crippen LogP contribution in [0, 0.1) is 26.7 Å². The summed E-state index contributed by atoms with van der Waals surface area (Å²) < 4.78 is 0. The van der Waals surface area contributed by atoms with Gasteiger partial charge in [0.05, 0.1) is 11.4 Å². The lowest BCUT2D eigenvalue weighted by Gasteiger charge is -2.18. The van der Waals surface area contributed by atoms with Gasteiger partial charge in [0.15, 0.2) is 0 Å². The Labute approximate surface area is 165 Å². The van der Waals surface area contributed by atoms with Crippen molar-refractivity contribution in [2.24, 2.45) is 5.92 Å². The van der Waals surface area contributed by atoms with Crippen LogP contribution in [0.4, 0.5) is 5.69 Å². The van der Waals surface area contributed by atoms with Crippen LogP contribution in [-0.2, 0) is 17.6 Å². The van der Waals surface area contributed by atoms with E-state index in [9.17, 15) is 9.59 Å². The molecule has 0 bridgehead atoms. The molecule has 0 radical (unpaired) electrons. The number of hydrogen-bond acceptors (Lipinski definition) is 3. The summed E-state index contributed by atoms with van der Waals surface area (Å²) in [6, 6.07) is 6.13. The van der Waals surface area contributed by atoms with Gasteiger partial charge in [-0.2, -0.15) is 0 Å². The van der Waals surface area contributed by atoms with Crippen molar-refractivity contribution in [3.8, 4) is 0 Å². The zero-order valence-electron chi connectivity index (χ0n) is 16.8. The van der Waals surface area contributed by atoms with Gasteiger partial charge in [-0.05, 0) is 68.7 Å². The smallest absolute Gasteiger partial charge is 0.264 e. The Morgan fingerprint density at radius 2 is 1.85 bits per heavy atom. The number of anilines is 1. The predicted octanol–water partition coefficient (Wildman–Crippen LogP) is 4.51. The van der Waals surface area contributed by atoms with Crippen LogP contribution in [0.3, 0.4) is 0 Å². The highest BCUT2D eigenvalue weighted by Crippen LogP contribution is 2.32. The Morgan fingerprint density at radius 3 is 2.52 bits per heavy atom. The number of thiophene rings is 1. The van der Waals surface area contributed by atoms with Gasteiger partial charge in [0.25, 0.3) is 5.91 Å². The summed E-state index contributed by atoms with van der Waals surface area (Å²) in [6.45, 7) is 8.32. The highest BCUT2D eigenvalue weighted by atomic mass is 32.1. The maximum atomic E-state index is 12.8. The van der Waals surface area contributed by atoms with Crippen LogP contribution >= 0.6 is 11.3 Å². The molecule has 2 aromatic rings. The molecule has 1 heterocycles. The van der Waals surface area contributed by atoms with Crippen molar-refractivity contribution in [2.75, 3.05) is 18.9 Å². The topological polar surface area (TPSA) is 49.4 Å². The summed E-state index contributed by atoms with van der Waals surface area (Å²) in [5.41, 5.74) is 5.40. The number of amides is 2. The number of benzene rings is 1. The van der Waals surface area contributed by atoms with E-state index in [1.165, 1.54) is 27.3 Å². The number of fused-ring (bicyclic) bond motifs is 1. The van der Waals surface area contributed by atoms with E-state index < -0.39 is 0 Å². The van der Waals surface area contributed by atoms with E-state index in [1.807, 2.05) is 26.8 Å². The second kappa shape index (κ2) is 7.85. The number of hydrogen-bond donors (Lipinski definition) is 1. The second-order valence-electron chi connectivity index (χ2n) is 7.89. The molecule has 0 saturated heterocycles. The molecule has 4 nitrogen and oxygen atoms in total. The number of rotatable bonds is 4. The minimum atomic E-state index is -0.171. The van der Waals surface area contributed by atoms with Crippen LogP contribution in [0.5, 0.6) is 0 Å². The quantitative estimate of drug-likeness (QED) is 0.843. The number of nitrogens with zero attached hydrogens (tertiary/aromatic N) is 1. The summed E-state index contributed by atoms with van der Waals surface area (Å²) in [5.74, 6) is 0.435. The van der Waals surface area contributed by atoms with Crippen molar-refractivity contribution in [3.05, 3.63) is 50.2 Å². The molecule has 0 unspecified atom stereocenters. The van der Waals surface area contributed by atoms with Gasteiger partial charge in [0.2, 0.25) is 5.91 Å². The molecule has 27 heavy (non-hydrogen) atoms. The molecule has 2 amide bonds. The summed E-state index contributed by atoms with van der Waals surface area (Å²) >= 11 is 1.59. The Kier molecular flexibility index (Phi) is 5.70. The Balaban J connectivity index is 1.66. The highest BCUT2D eigenvalue weighted by Gasteiger charge is 2.23. The summed E-state index contributed by atoms with van der Waals surface area (Å²) in [6.07, 6.45) is 3.30. The number of carbonyl (C=O) groups is 2. The van der Waals surface area contributed by atoms with Gasteiger partial charge in [-0.1, -0.05) is 24.6 Å². The van der Waals surface area contributed by atoms with Gasteiger partial charge in [-0.25, -0.2) is 0 Å². The molecule has 144 valence electrons. The van der Waals surface area contributed by atoms with E-state index in [0.717, 1.165) is 34.5 Å². The van der Waals surface area contributed by atoms with E-state index in [0.29, 0.717) is 5.92 Å². The van der Waals surface area contributed by atoms with Gasteiger partial charge in [0, 0.05) is 17.6 Å². The van der Waals surface area contributed by atoms with Crippen molar-refractivity contribution in [2.45, 2.75) is 47.0 Å². The molecule has 1 aromatic heterocycles. The van der Waals surface area contributed by atoms with Crippen LogP contribution < -0.4 is 5.32 Å². The van der Waals surface area contributed by atoms with Crippen LogP contribution in [0.25, 0.3) is 0 Å². The van der Waals surface area contributed by atoms with E-state index >= 15 is 0 Å². The molecular weight excluding hydrogens is 356 g/mol. The fourth-order valence-electron chi connectivity index (χ4n) is 3.84. The highest BCUT2D eigenvalue weighted by molar-refractivity contribution is 7.14. The summed E-state index contributed by atoms with van der Waals surface area (Å²) in [7, 11) is 1.69. The van der Waals surface area contributed by atoms with Crippen molar-refractivity contribution >= 4 is 28.8 Å². The zero-order chi connectivity index (χ0) is 19.7. The maximum Gasteiger partial charge on any atom is 0.264 e. The second-order valence-corrected chi connectivity index (χ2v) is 9.03. The van der Waals surface area contributed by atoms with Crippen LogP contribution in [-0.4, -0.2) is 30.3 Å². The first-order valence-electron chi connectivity index (χ1n) is 9.49. The normalized spacial score (nSPS) is 16.0. The molecule has 1 aliphatic carbocycles. The third-order valence-electron chi connectivity index (χ3n) is 5.21. The average Bonchev–Trinajstić information content (AvgIpc) is 3.00. The minimum absolute atomic E-state index is 0.0462. The third kappa shape index (κ3) is 4.41. The minimum Gasteiger partial charge on any atom is -0.332 e. The Morgan fingerprint density at radius 1 is 1.19 bits per heavy atom. The monoisotopic (exact) mass is 384 g/mol. The zero-order valence-corrected chi connectivity index (χ0v) is 17.6. The maximum absolute atomic E-state index is 12.8. The third-order valence-corrected chi connectivity index (χ3v) is 6.43. The van der Waals surface area contributed by atoms with E-state index in [2.05, 4.69) is 24.4 Å². The first-order valence-corrected chi connectivity index (χ1v) is 10.3. The standard InChI is InChI=1S/C22H28N2O2S/c1-13-6-7-18-17(10-13)11-19(27-18)22(26)24(5)12-20(25)23-21-15(3)8-14(2)9-16(21)4/h8-9,11,13H,6-7,10,12H2,1-5H3,(H,23,25)/t13-/m1/s1. The Bertz CT molecular complexity index is 861. The number of likely N-dealkylation sites (N-methyl/N-ethyl adjacent to an activating group) is 1. The first kappa shape index (κ1) is 19.6. The molecule has 5 heteroatoms. The molecule has 1 aliphatic rings. The molecule has 1 atom stereocenters. The number of carbonyl (C=O) groups excluding carboxylic acids is 2. The van der Waals surface area contributed by atoms with Gasteiger partial charge in [0.1, 0.15) is 0 Å². The lowest BCUT2D eigenvalue weighted by Crippen LogP contribution is -2.34. The average molecular weight is 385 g/mol. The number of nitrogens with one attached hydrogen (secondary N) is 1. The van der Waals surface area contributed by atoms with Gasteiger partial charge >= 0.3 is 0 Å². The molecule has 0 fully saturated rings. The Hall–Kier alpha value is -2.14. The fraction of sp³-hybridized carbons (Fsp3) is 0.455. The SMILES string of the molecule is Cc1cc(C)c(NC(=O)CN(C)C(=O)c2cc3c(s2)CC[C@@H](C)C3)c(C)c1. The molecule has 1 aromatic carbocycles. The van der Waals surface area contributed by atoms with Crippen LogP contribution in [0.2, 0.25) is 0 Å². The first-order chi connectivity index (χ1) is 12.7. The van der Waals surface area contributed by atoms with Gasteiger partial charge < -0.3 is 10.2 Å². The van der Waals surface area contributed by atoms with Crippen molar-refractivity contribution in [1.82, 2.24) is 4.90 Å². The fourth-order valence-corrected chi connectivity index (χ4v) is 5.05. The van der Waals surface area contributed by atoms with E-state index in [4.69, 9.17) is 0 Å². The lowest BCUT2D eigenvalue weighted by atomic mass is 9.90. The van der Waals surface area contributed by atoms with Crippen molar-refractivity contribution in [1.29, 1.82) is 0 Å². The summed E-state index contributed by atoms with van der Waals surface area (Å²) in [4.78, 5) is 28.8. The van der Waals surface area contributed by atoms with Crippen molar-refractivity contribution in [3.63, 3.8) is 0 Å². The van der Waals surface area contributed by atoms with Crippen molar-refractivity contribution < 1.29 is 9.59 Å². The predicted molar refractivity (Wildman–Crippen MR) is 112 cm³/mol. The molecule has 0 aliphatic heterocycles. The molecular formula is C22H28N2O2S. The van der Waals surface area contributed by atoms with E-state index in [-0.39, 0.29) is 18.4 Å². The largest absolute Gasteiger partial charge is 0.332 e. The number of aryl methyl sites for hydroxylation is 4. The molecule has 0 saturated carbocycles. The van der Waals surface area contributed by atoms with Crippen LogP contribution in [0.15, 0.2) is 18.2 Å². The lowest BCUT2D eigenvalue weighted by molar-refractivity contribution is -0.116. The van der Waals surface area contributed by atoms with E-state index in [1.54, 1.807) is 18.4 Å². The van der Waals surface area contributed by atoms with Crippen LogP contribution in [0.1, 0.15) is 50.1 Å². The molecule has 1 N–H and O–H groups in total. The molecule has 3 rings (SSSR count). The summed E-state index contributed by atoms with van der Waals surface area (Å²) in [5, 5.41) is 2.97. The molecule has 0 spiro atoms.